The van der Waals surface area contributed by atoms with E-state index in [0.29, 0.717) is 6.42 Å². The second-order valence-corrected chi connectivity index (χ2v) is 20.0. The topological polar surface area (TPSA) is 276 Å². The number of ether oxygens (including phenoxy) is 2. The number of hydrogen-bond acceptors (Lipinski definition) is 14. The van der Waals surface area contributed by atoms with Crippen molar-refractivity contribution in [3.05, 3.63) is 36.5 Å². The molecule has 1 saturated carbocycles. The Morgan fingerprint density at radius 1 is 0.561 bits per heavy atom. The Morgan fingerprint density at radius 3 is 1.61 bits per heavy atom. The number of phosphoric acid groups is 2. The third-order valence-electron chi connectivity index (χ3n) is 11.3. The van der Waals surface area contributed by atoms with Crippen LogP contribution in [0.1, 0.15) is 187 Å². The lowest BCUT2D eigenvalue weighted by Gasteiger charge is -2.43. The number of carbonyl (C=O) groups is 2. The number of phosphoric ester groups is 2. The SMILES string of the molecule is CCCCCCCC/C=C/C/C=C/C=C/C(O)CCCC(=O)O[C@H](COC(=O)CCCCCCCCCCCCCCCCC)COP(=O)(O)O[C@H]1C(O)C(O)C(O)[C@@H](OP(=O)(O)O)C1O. The standard InChI is InChI=1S/C47H86O17P2/c1-3-5-7-9-11-13-15-17-18-20-22-24-26-28-30-34-40(49)60-36-39(37-61-66(58,59)64-47-44(53)42(51)43(52)46(45(47)54)63-65(55,56)57)62-41(50)35-31-33-38(48)32-29-27-25-23-21-19-16-14-12-10-8-6-4-2/h19,21,25,27,29,32,38-39,42-48,51-54H,3-18,20,22-24,26,28,30-31,33-37H2,1-2H3,(H,58,59)(H2,55,56,57)/b21-19+,27-25+,32-29+/t38?,39-,42?,43?,44?,45?,46-,47+/m1/s1. The van der Waals surface area contributed by atoms with E-state index in [0.717, 1.165) is 38.5 Å². The molecule has 1 aliphatic rings. The largest absolute Gasteiger partial charge is 0.472 e. The molecule has 1 fully saturated rings. The van der Waals surface area contributed by atoms with Gasteiger partial charge >= 0.3 is 27.6 Å². The van der Waals surface area contributed by atoms with Crippen LogP contribution in [0.2, 0.25) is 0 Å². The first kappa shape index (κ1) is 62.2. The van der Waals surface area contributed by atoms with Crippen LogP contribution in [-0.2, 0) is 41.8 Å². The molecule has 66 heavy (non-hydrogen) atoms. The fraction of sp³-hybridized carbons (Fsp3) is 0.830. The maximum absolute atomic E-state index is 13.0. The molecule has 0 aliphatic heterocycles. The molecule has 0 amide bonds. The Kier molecular flexibility index (Phi) is 35.8. The Labute approximate surface area is 394 Å². The van der Waals surface area contributed by atoms with Gasteiger partial charge in [0.15, 0.2) is 6.10 Å². The van der Waals surface area contributed by atoms with E-state index < -0.39 is 89.6 Å². The average molecular weight is 985 g/mol. The molecule has 17 nitrogen and oxygen atoms in total. The summed E-state index contributed by atoms with van der Waals surface area (Å²) in [4.78, 5) is 54.3. The third-order valence-corrected chi connectivity index (χ3v) is 12.8. The van der Waals surface area contributed by atoms with Crippen molar-refractivity contribution in [3.8, 4) is 0 Å². The first-order valence-corrected chi connectivity index (χ1v) is 27.7. The van der Waals surface area contributed by atoms with Gasteiger partial charge in [0.2, 0.25) is 0 Å². The normalized spacial score (nSPS) is 22.3. The maximum atomic E-state index is 13.0. The maximum Gasteiger partial charge on any atom is 0.472 e. The number of carbonyl (C=O) groups excluding carboxylic acids is 2. The summed E-state index contributed by atoms with van der Waals surface area (Å²) >= 11 is 0. The Hall–Kier alpha value is -1.82. The summed E-state index contributed by atoms with van der Waals surface area (Å²) in [6, 6.07) is 0. The minimum absolute atomic E-state index is 0.0847. The zero-order chi connectivity index (χ0) is 49.1. The number of esters is 2. The zero-order valence-electron chi connectivity index (χ0n) is 39.7. The highest BCUT2D eigenvalue weighted by atomic mass is 31.2. The molecule has 1 rings (SSSR count). The van der Waals surface area contributed by atoms with Crippen LogP contribution in [-0.4, -0.2) is 114 Å². The van der Waals surface area contributed by atoms with Gasteiger partial charge in [0.05, 0.1) is 12.7 Å². The lowest BCUT2D eigenvalue weighted by Crippen LogP contribution is -2.64. The van der Waals surface area contributed by atoms with E-state index in [-0.39, 0.29) is 25.7 Å². The zero-order valence-corrected chi connectivity index (χ0v) is 41.5. The van der Waals surface area contributed by atoms with Gasteiger partial charge in [0.1, 0.15) is 43.2 Å². The van der Waals surface area contributed by atoms with Gasteiger partial charge in [0.25, 0.3) is 0 Å². The Balaban J connectivity index is 2.66. The summed E-state index contributed by atoms with van der Waals surface area (Å²) < 4.78 is 49.3. The molecular weight excluding hydrogens is 898 g/mol. The molecule has 0 bridgehead atoms. The van der Waals surface area contributed by atoms with Gasteiger partial charge in [-0.3, -0.25) is 23.2 Å². The molecule has 9 atom stereocenters. The highest BCUT2D eigenvalue weighted by molar-refractivity contribution is 7.47. The van der Waals surface area contributed by atoms with Crippen LogP contribution in [0.4, 0.5) is 0 Å². The number of unbranched alkanes of at least 4 members (excludes halogenated alkanes) is 20. The molecule has 0 spiro atoms. The van der Waals surface area contributed by atoms with E-state index in [1.54, 1.807) is 12.2 Å². The van der Waals surface area contributed by atoms with Crippen LogP contribution in [0.25, 0.3) is 0 Å². The van der Waals surface area contributed by atoms with Gasteiger partial charge in [0, 0.05) is 12.8 Å². The lowest BCUT2D eigenvalue weighted by atomic mass is 9.85. The summed E-state index contributed by atoms with van der Waals surface area (Å²) in [7, 11) is -10.7. The van der Waals surface area contributed by atoms with Crippen LogP contribution in [0.5, 0.6) is 0 Å². The molecule has 0 aromatic rings. The molecule has 8 N–H and O–H groups in total. The fourth-order valence-corrected chi connectivity index (χ4v) is 8.99. The van der Waals surface area contributed by atoms with Gasteiger partial charge in [-0.05, 0) is 38.5 Å². The van der Waals surface area contributed by atoms with Crippen molar-refractivity contribution >= 4 is 27.6 Å². The molecular formula is C47H86O17P2. The van der Waals surface area contributed by atoms with Gasteiger partial charge in [-0.15, -0.1) is 0 Å². The molecule has 1 aliphatic carbocycles. The summed E-state index contributed by atoms with van der Waals surface area (Å²) in [6.07, 6.45) is 22.6. The third kappa shape index (κ3) is 32.1. The number of allylic oxidation sites excluding steroid dienone is 5. The highest BCUT2D eigenvalue weighted by Gasteiger charge is 2.54. The van der Waals surface area contributed by atoms with E-state index in [9.17, 15) is 58.9 Å². The van der Waals surface area contributed by atoms with E-state index in [1.807, 2.05) is 12.2 Å². The molecule has 0 saturated heterocycles. The molecule has 0 radical (unpaired) electrons. The number of rotatable bonds is 41. The van der Waals surface area contributed by atoms with Crippen molar-refractivity contribution in [3.63, 3.8) is 0 Å². The second kappa shape index (κ2) is 38.0. The van der Waals surface area contributed by atoms with Crippen molar-refractivity contribution < 1.29 is 82.0 Å². The predicted octanol–water partition coefficient (Wildman–Crippen LogP) is 8.48. The van der Waals surface area contributed by atoms with E-state index in [4.69, 9.17) is 18.5 Å². The van der Waals surface area contributed by atoms with Crippen molar-refractivity contribution in [1.82, 2.24) is 0 Å². The molecule has 6 unspecified atom stereocenters. The van der Waals surface area contributed by atoms with Gasteiger partial charge < -0.3 is 49.7 Å². The van der Waals surface area contributed by atoms with Gasteiger partial charge in [-0.2, -0.15) is 0 Å². The number of aliphatic hydroxyl groups excluding tert-OH is 5. The highest BCUT2D eigenvalue weighted by Crippen LogP contribution is 2.49. The van der Waals surface area contributed by atoms with Gasteiger partial charge in [-0.25, -0.2) is 9.13 Å². The quantitative estimate of drug-likeness (QED) is 0.00937. The summed E-state index contributed by atoms with van der Waals surface area (Å²) in [5.41, 5.74) is 0. The van der Waals surface area contributed by atoms with Crippen LogP contribution in [0.15, 0.2) is 36.5 Å². The lowest BCUT2D eigenvalue weighted by molar-refractivity contribution is -0.216. The van der Waals surface area contributed by atoms with Crippen LogP contribution < -0.4 is 0 Å². The summed E-state index contributed by atoms with van der Waals surface area (Å²) in [6.45, 7) is 2.96. The monoisotopic (exact) mass is 985 g/mol. The second-order valence-electron chi connectivity index (χ2n) is 17.4. The smallest absolute Gasteiger partial charge is 0.462 e. The van der Waals surface area contributed by atoms with Crippen LogP contribution in [0.3, 0.4) is 0 Å². The fourth-order valence-electron chi connectivity index (χ4n) is 7.45. The van der Waals surface area contributed by atoms with Crippen LogP contribution in [0, 0.1) is 0 Å². The summed E-state index contributed by atoms with van der Waals surface area (Å²) in [5, 5.41) is 51.6. The van der Waals surface area contributed by atoms with Crippen molar-refractivity contribution in [1.29, 1.82) is 0 Å². The Bertz CT molecular complexity index is 1440. The number of aliphatic hydroxyl groups is 5. The molecule has 386 valence electrons. The Morgan fingerprint density at radius 2 is 1.06 bits per heavy atom. The van der Waals surface area contributed by atoms with Crippen molar-refractivity contribution in [2.24, 2.45) is 0 Å². The van der Waals surface area contributed by atoms with E-state index in [2.05, 4.69) is 30.5 Å². The van der Waals surface area contributed by atoms with E-state index >= 15 is 0 Å². The minimum Gasteiger partial charge on any atom is -0.462 e. The van der Waals surface area contributed by atoms with Gasteiger partial charge in [-0.1, -0.05) is 172 Å². The average Bonchev–Trinajstić information content (AvgIpc) is 3.26. The summed E-state index contributed by atoms with van der Waals surface area (Å²) in [5.74, 6) is -1.40. The first-order valence-electron chi connectivity index (χ1n) is 24.6. The number of hydrogen-bond donors (Lipinski definition) is 8. The predicted molar refractivity (Wildman–Crippen MR) is 252 cm³/mol. The van der Waals surface area contributed by atoms with Crippen molar-refractivity contribution in [2.75, 3.05) is 13.2 Å². The van der Waals surface area contributed by atoms with Crippen molar-refractivity contribution in [2.45, 2.75) is 236 Å². The molecule has 0 aromatic carbocycles. The minimum atomic E-state index is -5.38. The van der Waals surface area contributed by atoms with Crippen LogP contribution >= 0.6 is 15.6 Å². The first-order chi connectivity index (χ1) is 31.5. The molecule has 19 heteroatoms. The molecule has 0 aromatic heterocycles. The molecule has 0 heterocycles. The van der Waals surface area contributed by atoms with E-state index in [1.165, 1.54) is 103 Å².